The smallest absolute Gasteiger partial charge is 0.276 e. The first-order valence-electron chi connectivity index (χ1n) is 9.17. The van der Waals surface area contributed by atoms with E-state index >= 15 is 0 Å². The number of halogens is 1. The Balaban J connectivity index is 1.59. The molecule has 31 heavy (non-hydrogen) atoms. The van der Waals surface area contributed by atoms with Gasteiger partial charge in [0, 0.05) is 0 Å². The van der Waals surface area contributed by atoms with Crippen molar-refractivity contribution in [1.29, 1.82) is 0 Å². The van der Waals surface area contributed by atoms with E-state index in [9.17, 15) is 9.59 Å². The van der Waals surface area contributed by atoms with Crippen molar-refractivity contribution in [2.75, 3.05) is 24.5 Å². The molecule has 9 nitrogen and oxygen atoms in total. The summed E-state index contributed by atoms with van der Waals surface area (Å²) in [7, 11) is 1.50. The zero-order valence-electron chi connectivity index (χ0n) is 16.8. The number of amides is 2. The summed E-state index contributed by atoms with van der Waals surface area (Å²) in [4.78, 5) is 32.6. The Kier molecular flexibility index (Phi) is 7.23. The Hall–Kier alpha value is -3.85. The molecule has 0 fully saturated rings. The molecule has 0 aliphatic rings. The number of carbonyl (C=O) groups is 2. The van der Waals surface area contributed by atoms with Crippen LogP contribution in [-0.2, 0) is 4.79 Å². The Morgan fingerprint density at radius 1 is 1.10 bits per heavy atom. The number of carbonyl (C=O) groups excluding carboxylic acids is 2. The van der Waals surface area contributed by atoms with Gasteiger partial charge in [0.15, 0.2) is 12.3 Å². The summed E-state index contributed by atoms with van der Waals surface area (Å²) in [6.45, 7) is 1.74. The Morgan fingerprint density at radius 2 is 1.84 bits per heavy atom. The van der Waals surface area contributed by atoms with Crippen molar-refractivity contribution in [2.45, 2.75) is 6.92 Å². The predicted octanol–water partition coefficient (Wildman–Crippen LogP) is 3.22. The minimum Gasteiger partial charge on any atom is -0.495 e. The van der Waals surface area contributed by atoms with Gasteiger partial charge in [0.2, 0.25) is 5.95 Å². The number of aryl methyl sites for hydroxylation is 1. The third-order valence-electron chi connectivity index (χ3n) is 4.02. The first-order valence-corrected chi connectivity index (χ1v) is 9.55. The minimum atomic E-state index is -0.561. The molecule has 2 amide bonds. The zero-order valence-corrected chi connectivity index (χ0v) is 17.6. The van der Waals surface area contributed by atoms with E-state index in [1.165, 1.54) is 13.3 Å². The van der Waals surface area contributed by atoms with Crippen LogP contribution in [0.1, 0.15) is 16.1 Å². The van der Waals surface area contributed by atoms with E-state index in [-0.39, 0.29) is 23.3 Å². The molecule has 0 saturated heterocycles. The van der Waals surface area contributed by atoms with Gasteiger partial charge in [0.05, 0.1) is 24.0 Å². The average molecular weight is 442 g/mol. The van der Waals surface area contributed by atoms with E-state index in [4.69, 9.17) is 21.1 Å². The Labute approximate surface area is 183 Å². The van der Waals surface area contributed by atoms with Gasteiger partial charge in [-0.3, -0.25) is 20.4 Å². The number of ether oxygens (including phenoxy) is 2. The lowest BCUT2D eigenvalue weighted by Gasteiger charge is -2.12. The van der Waals surface area contributed by atoms with Crippen LogP contribution in [0.4, 0.5) is 11.6 Å². The van der Waals surface area contributed by atoms with Crippen molar-refractivity contribution in [3.05, 3.63) is 71.0 Å². The summed E-state index contributed by atoms with van der Waals surface area (Å²) in [5.41, 5.74) is 6.41. The van der Waals surface area contributed by atoms with Crippen molar-refractivity contribution in [2.24, 2.45) is 0 Å². The fraction of sp³-hybridized carbons (Fsp3) is 0.143. The second kappa shape index (κ2) is 10.3. The van der Waals surface area contributed by atoms with E-state index in [0.29, 0.717) is 17.2 Å². The SMILES string of the molecule is COc1ccccc1NC(=O)c1nc(NNC(=O)COc2ccc(C)cc2)ncc1Cl. The number of hydrogen-bond donors (Lipinski definition) is 3. The highest BCUT2D eigenvalue weighted by Gasteiger charge is 2.16. The summed E-state index contributed by atoms with van der Waals surface area (Å²) in [6, 6.07) is 14.2. The normalized spacial score (nSPS) is 10.2. The summed E-state index contributed by atoms with van der Waals surface area (Å²) in [6.07, 6.45) is 1.25. The van der Waals surface area contributed by atoms with Crippen LogP contribution >= 0.6 is 11.6 Å². The first-order chi connectivity index (χ1) is 15.0. The second-order valence-corrected chi connectivity index (χ2v) is 6.73. The Morgan fingerprint density at radius 3 is 2.58 bits per heavy atom. The molecule has 0 aliphatic heterocycles. The van der Waals surface area contributed by atoms with Gasteiger partial charge in [-0.2, -0.15) is 0 Å². The van der Waals surface area contributed by atoms with Crippen molar-refractivity contribution < 1.29 is 19.1 Å². The van der Waals surface area contributed by atoms with E-state index in [1.807, 2.05) is 19.1 Å². The van der Waals surface area contributed by atoms with Gasteiger partial charge in [-0.25, -0.2) is 9.97 Å². The molecule has 0 spiro atoms. The summed E-state index contributed by atoms with van der Waals surface area (Å²) in [5, 5.41) is 2.73. The van der Waals surface area contributed by atoms with Crippen molar-refractivity contribution >= 4 is 35.1 Å². The summed E-state index contributed by atoms with van der Waals surface area (Å²) >= 11 is 6.07. The quantitative estimate of drug-likeness (QED) is 0.460. The molecule has 0 saturated carbocycles. The molecule has 2 aromatic carbocycles. The predicted molar refractivity (Wildman–Crippen MR) is 116 cm³/mol. The van der Waals surface area contributed by atoms with E-state index < -0.39 is 11.8 Å². The molecule has 10 heteroatoms. The molecule has 160 valence electrons. The Bertz CT molecular complexity index is 1080. The third-order valence-corrected chi connectivity index (χ3v) is 4.30. The monoisotopic (exact) mass is 441 g/mol. The molecule has 3 N–H and O–H groups in total. The molecule has 1 heterocycles. The molecule has 3 aromatic rings. The molecule has 0 atom stereocenters. The molecular weight excluding hydrogens is 422 g/mol. The standard InChI is InChI=1S/C21H20ClN5O4/c1-13-7-9-14(10-8-13)31-12-18(28)26-27-21-23-11-15(22)19(25-21)20(29)24-16-5-3-4-6-17(16)30-2/h3-11H,12H2,1-2H3,(H,24,29)(H,26,28)(H,23,25,27). The first kappa shape index (κ1) is 21.8. The highest BCUT2D eigenvalue weighted by atomic mass is 35.5. The van der Waals surface area contributed by atoms with Gasteiger partial charge < -0.3 is 14.8 Å². The summed E-state index contributed by atoms with van der Waals surface area (Å²) < 4.78 is 10.6. The van der Waals surface area contributed by atoms with Crippen LogP contribution in [0, 0.1) is 6.92 Å². The van der Waals surface area contributed by atoms with E-state index in [0.717, 1.165) is 5.56 Å². The van der Waals surface area contributed by atoms with Gasteiger partial charge in [-0.1, -0.05) is 41.4 Å². The summed E-state index contributed by atoms with van der Waals surface area (Å²) in [5.74, 6) is 0.0189. The number of benzene rings is 2. The van der Waals surface area contributed by atoms with Gasteiger partial charge >= 0.3 is 0 Å². The molecule has 3 rings (SSSR count). The third kappa shape index (κ3) is 6.06. The van der Waals surface area contributed by atoms with Crippen LogP contribution in [-0.4, -0.2) is 35.5 Å². The van der Waals surface area contributed by atoms with Crippen LogP contribution in [0.5, 0.6) is 11.5 Å². The molecule has 0 unspecified atom stereocenters. The number of hydrazine groups is 1. The molecule has 0 radical (unpaired) electrons. The number of nitrogens with zero attached hydrogens (tertiary/aromatic N) is 2. The molecule has 1 aromatic heterocycles. The van der Waals surface area contributed by atoms with Gasteiger partial charge in [0.1, 0.15) is 11.5 Å². The molecular formula is C21H20ClN5O4. The maximum Gasteiger partial charge on any atom is 0.276 e. The van der Waals surface area contributed by atoms with Gasteiger partial charge in [0.25, 0.3) is 11.8 Å². The number of anilines is 2. The average Bonchev–Trinajstić information content (AvgIpc) is 2.78. The van der Waals surface area contributed by atoms with Crippen LogP contribution < -0.4 is 25.6 Å². The van der Waals surface area contributed by atoms with Crippen LogP contribution in [0.2, 0.25) is 5.02 Å². The fourth-order valence-corrected chi connectivity index (χ4v) is 2.64. The lowest BCUT2D eigenvalue weighted by atomic mass is 10.2. The molecule has 0 bridgehead atoms. The lowest BCUT2D eigenvalue weighted by molar-refractivity contribution is -0.122. The fourth-order valence-electron chi connectivity index (χ4n) is 2.46. The van der Waals surface area contributed by atoms with Crippen LogP contribution in [0.15, 0.2) is 54.7 Å². The minimum absolute atomic E-state index is 0.0155. The number of hydrogen-bond acceptors (Lipinski definition) is 7. The highest BCUT2D eigenvalue weighted by molar-refractivity contribution is 6.34. The number of nitrogens with one attached hydrogen (secondary N) is 3. The van der Waals surface area contributed by atoms with E-state index in [2.05, 4.69) is 26.1 Å². The maximum absolute atomic E-state index is 12.6. The highest BCUT2D eigenvalue weighted by Crippen LogP contribution is 2.24. The largest absolute Gasteiger partial charge is 0.495 e. The number of aromatic nitrogens is 2. The van der Waals surface area contributed by atoms with Gasteiger partial charge in [-0.05, 0) is 31.2 Å². The number of methoxy groups -OCH3 is 1. The topological polar surface area (TPSA) is 114 Å². The van der Waals surface area contributed by atoms with Crippen LogP contribution in [0.25, 0.3) is 0 Å². The van der Waals surface area contributed by atoms with Gasteiger partial charge in [-0.15, -0.1) is 0 Å². The van der Waals surface area contributed by atoms with Crippen molar-refractivity contribution in [3.63, 3.8) is 0 Å². The zero-order chi connectivity index (χ0) is 22.2. The second-order valence-electron chi connectivity index (χ2n) is 6.32. The van der Waals surface area contributed by atoms with Crippen molar-refractivity contribution in [3.8, 4) is 11.5 Å². The van der Waals surface area contributed by atoms with E-state index in [1.54, 1.807) is 36.4 Å². The van der Waals surface area contributed by atoms with Crippen molar-refractivity contribution in [1.82, 2.24) is 15.4 Å². The number of rotatable bonds is 8. The van der Waals surface area contributed by atoms with Crippen LogP contribution in [0.3, 0.4) is 0 Å². The molecule has 0 aliphatic carbocycles. The lowest BCUT2D eigenvalue weighted by Crippen LogP contribution is -2.34. The maximum atomic E-state index is 12.6. The number of para-hydroxylation sites is 2.